The van der Waals surface area contributed by atoms with Crippen LogP contribution in [0.2, 0.25) is 0 Å². The fourth-order valence-electron chi connectivity index (χ4n) is 3.22. The molecule has 1 N–H and O–H groups in total. The number of aliphatic imine (C=N–C) groups is 1. The Labute approximate surface area is 189 Å². The SMILES string of the molecule is CCOC(=O)CCCCCCCNC(=NC)N1CCN(C(C)C(F)(F)F)CC1.I. The number of nitrogens with zero attached hydrogens (tertiary/aromatic N) is 3. The van der Waals surface area contributed by atoms with E-state index in [4.69, 9.17) is 4.74 Å². The Kier molecular flexibility index (Phi) is 14.7. The number of carbonyl (C=O) groups excluding carboxylic acids is 1. The molecule has 0 spiro atoms. The van der Waals surface area contributed by atoms with Crippen LogP contribution < -0.4 is 5.32 Å². The monoisotopic (exact) mass is 536 g/mol. The van der Waals surface area contributed by atoms with Gasteiger partial charge in [-0.15, -0.1) is 24.0 Å². The summed E-state index contributed by atoms with van der Waals surface area (Å²) >= 11 is 0. The maximum absolute atomic E-state index is 12.8. The Morgan fingerprint density at radius 1 is 1.10 bits per heavy atom. The molecular formula is C19H36F3IN4O2. The summed E-state index contributed by atoms with van der Waals surface area (Å²) in [4.78, 5) is 19.0. The van der Waals surface area contributed by atoms with E-state index < -0.39 is 12.2 Å². The molecule has 1 saturated heterocycles. The quantitative estimate of drug-likeness (QED) is 0.152. The molecule has 0 aromatic heterocycles. The summed E-state index contributed by atoms with van der Waals surface area (Å²) in [5.41, 5.74) is 0. The number of halogens is 4. The van der Waals surface area contributed by atoms with Gasteiger partial charge >= 0.3 is 12.1 Å². The fraction of sp³-hybridized carbons (Fsp3) is 0.895. The molecule has 1 aliphatic rings. The molecule has 1 aliphatic heterocycles. The lowest BCUT2D eigenvalue weighted by atomic mass is 10.1. The van der Waals surface area contributed by atoms with Crippen LogP contribution in [0.25, 0.3) is 0 Å². The van der Waals surface area contributed by atoms with Crippen molar-refractivity contribution < 1.29 is 22.7 Å². The minimum atomic E-state index is -4.18. The number of ether oxygens (including phenoxy) is 1. The van der Waals surface area contributed by atoms with E-state index in [0.717, 1.165) is 44.6 Å². The first kappa shape index (κ1) is 28.2. The zero-order valence-corrected chi connectivity index (χ0v) is 20.1. The van der Waals surface area contributed by atoms with Crippen LogP contribution in [0.5, 0.6) is 0 Å². The second-order valence-electron chi connectivity index (χ2n) is 7.04. The average Bonchev–Trinajstić information content (AvgIpc) is 2.66. The van der Waals surface area contributed by atoms with Crippen molar-refractivity contribution in [1.82, 2.24) is 15.1 Å². The van der Waals surface area contributed by atoms with E-state index in [9.17, 15) is 18.0 Å². The highest BCUT2D eigenvalue weighted by Gasteiger charge is 2.41. The third-order valence-electron chi connectivity index (χ3n) is 4.99. The number of rotatable bonds is 10. The number of piperazine rings is 1. The molecule has 172 valence electrons. The highest BCUT2D eigenvalue weighted by Crippen LogP contribution is 2.25. The molecule has 1 heterocycles. The van der Waals surface area contributed by atoms with Gasteiger partial charge in [0.15, 0.2) is 5.96 Å². The number of nitrogens with one attached hydrogen (secondary N) is 1. The van der Waals surface area contributed by atoms with Crippen LogP contribution in [0.3, 0.4) is 0 Å². The highest BCUT2D eigenvalue weighted by molar-refractivity contribution is 14.0. The van der Waals surface area contributed by atoms with E-state index >= 15 is 0 Å². The minimum Gasteiger partial charge on any atom is -0.466 e. The van der Waals surface area contributed by atoms with Crippen LogP contribution in [-0.4, -0.2) is 80.3 Å². The van der Waals surface area contributed by atoms with Crippen LogP contribution in [0.15, 0.2) is 4.99 Å². The predicted octanol–water partition coefficient (Wildman–Crippen LogP) is 3.65. The van der Waals surface area contributed by atoms with Gasteiger partial charge < -0.3 is 15.0 Å². The van der Waals surface area contributed by atoms with Crippen LogP contribution in [-0.2, 0) is 9.53 Å². The lowest BCUT2D eigenvalue weighted by Gasteiger charge is -2.39. The molecule has 0 bridgehead atoms. The lowest BCUT2D eigenvalue weighted by molar-refractivity contribution is -0.181. The predicted molar refractivity (Wildman–Crippen MR) is 120 cm³/mol. The standard InChI is InChI=1S/C19H35F3N4O2.HI/c1-4-28-17(27)10-8-6-5-7-9-11-24-18(23-3)26-14-12-25(13-15-26)16(2)19(20,21)22;/h16H,4-15H2,1-3H3,(H,23,24);1H. The van der Waals surface area contributed by atoms with Gasteiger partial charge in [0, 0.05) is 46.2 Å². The largest absolute Gasteiger partial charge is 0.466 e. The maximum Gasteiger partial charge on any atom is 0.403 e. The Morgan fingerprint density at radius 3 is 2.24 bits per heavy atom. The van der Waals surface area contributed by atoms with Gasteiger partial charge in [0.2, 0.25) is 0 Å². The summed E-state index contributed by atoms with van der Waals surface area (Å²) in [6, 6.07) is -1.41. The molecule has 6 nitrogen and oxygen atoms in total. The van der Waals surface area contributed by atoms with Crippen molar-refractivity contribution in [3.63, 3.8) is 0 Å². The number of alkyl halides is 3. The van der Waals surface area contributed by atoms with E-state index in [-0.39, 0.29) is 29.9 Å². The van der Waals surface area contributed by atoms with E-state index in [1.54, 1.807) is 7.05 Å². The molecule has 1 unspecified atom stereocenters. The maximum atomic E-state index is 12.8. The zero-order valence-electron chi connectivity index (χ0n) is 17.8. The summed E-state index contributed by atoms with van der Waals surface area (Å²) in [5, 5.41) is 3.30. The smallest absolute Gasteiger partial charge is 0.403 e. The molecule has 0 aromatic carbocycles. The molecular weight excluding hydrogens is 500 g/mol. The van der Waals surface area contributed by atoms with Crippen molar-refractivity contribution in [1.29, 1.82) is 0 Å². The van der Waals surface area contributed by atoms with Crippen molar-refractivity contribution >= 4 is 35.9 Å². The molecule has 0 aromatic rings. The summed E-state index contributed by atoms with van der Waals surface area (Å²) in [6.45, 7) is 6.06. The average molecular weight is 536 g/mol. The fourth-order valence-corrected chi connectivity index (χ4v) is 3.22. The highest BCUT2D eigenvalue weighted by atomic mass is 127. The van der Waals surface area contributed by atoms with Gasteiger partial charge in [0.05, 0.1) is 6.61 Å². The van der Waals surface area contributed by atoms with Gasteiger partial charge in [-0.3, -0.25) is 14.7 Å². The molecule has 0 radical (unpaired) electrons. The first-order chi connectivity index (χ1) is 13.3. The van der Waals surface area contributed by atoms with Crippen LogP contribution in [0.4, 0.5) is 13.2 Å². The molecule has 29 heavy (non-hydrogen) atoms. The van der Waals surface area contributed by atoms with Gasteiger partial charge in [0.1, 0.15) is 6.04 Å². The Morgan fingerprint density at radius 2 is 1.69 bits per heavy atom. The van der Waals surface area contributed by atoms with Crippen molar-refractivity contribution in [3.05, 3.63) is 0 Å². The number of hydrogen-bond donors (Lipinski definition) is 1. The number of guanidine groups is 1. The second-order valence-corrected chi connectivity index (χ2v) is 7.04. The van der Waals surface area contributed by atoms with Gasteiger partial charge in [-0.1, -0.05) is 19.3 Å². The van der Waals surface area contributed by atoms with Crippen molar-refractivity contribution in [2.24, 2.45) is 4.99 Å². The third kappa shape index (κ3) is 11.3. The molecule has 0 saturated carbocycles. The van der Waals surface area contributed by atoms with E-state index in [1.165, 1.54) is 11.8 Å². The number of carbonyl (C=O) groups is 1. The molecule has 1 fully saturated rings. The summed E-state index contributed by atoms with van der Waals surface area (Å²) < 4.78 is 43.4. The number of hydrogen-bond acceptors (Lipinski definition) is 4. The van der Waals surface area contributed by atoms with E-state index in [0.29, 0.717) is 39.2 Å². The summed E-state index contributed by atoms with van der Waals surface area (Å²) in [5.74, 6) is 0.624. The topological polar surface area (TPSA) is 57.2 Å². The number of unbranched alkanes of at least 4 members (excludes halogenated alkanes) is 4. The normalized spacial score (nSPS) is 16.9. The van der Waals surface area contributed by atoms with E-state index in [2.05, 4.69) is 10.3 Å². The zero-order chi connectivity index (χ0) is 21.0. The molecule has 10 heteroatoms. The third-order valence-corrected chi connectivity index (χ3v) is 4.99. The Hall–Kier alpha value is -0.780. The lowest BCUT2D eigenvalue weighted by Crippen LogP contribution is -2.56. The van der Waals surface area contributed by atoms with Gasteiger partial charge in [-0.25, -0.2) is 0 Å². The second kappa shape index (κ2) is 15.1. The molecule has 0 amide bonds. The van der Waals surface area contributed by atoms with Gasteiger partial charge in [-0.05, 0) is 26.7 Å². The first-order valence-electron chi connectivity index (χ1n) is 10.2. The van der Waals surface area contributed by atoms with Crippen molar-refractivity contribution in [2.75, 3.05) is 46.4 Å². The Bertz CT molecular complexity index is 485. The van der Waals surface area contributed by atoms with Crippen LogP contribution in [0, 0.1) is 0 Å². The van der Waals surface area contributed by atoms with Gasteiger partial charge in [0.25, 0.3) is 0 Å². The summed E-state index contributed by atoms with van der Waals surface area (Å²) in [7, 11) is 1.70. The van der Waals surface area contributed by atoms with Crippen LogP contribution in [0.1, 0.15) is 52.4 Å². The minimum absolute atomic E-state index is 0. The first-order valence-corrected chi connectivity index (χ1v) is 10.2. The molecule has 0 aliphatic carbocycles. The number of esters is 1. The molecule has 1 atom stereocenters. The Balaban J connectivity index is 0.00000784. The van der Waals surface area contributed by atoms with Gasteiger partial charge in [-0.2, -0.15) is 13.2 Å². The van der Waals surface area contributed by atoms with Crippen LogP contribution >= 0.6 is 24.0 Å². The van der Waals surface area contributed by atoms with E-state index in [1.807, 2.05) is 11.8 Å². The molecule has 1 rings (SSSR count). The van der Waals surface area contributed by atoms with Crippen molar-refractivity contribution in [3.8, 4) is 0 Å². The van der Waals surface area contributed by atoms with Crippen molar-refractivity contribution in [2.45, 2.75) is 64.6 Å². The summed E-state index contributed by atoms with van der Waals surface area (Å²) in [6.07, 6.45) is 1.28.